The van der Waals surface area contributed by atoms with E-state index >= 15 is 0 Å². The van der Waals surface area contributed by atoms with Crippen LogP contribution in [-0.4, -0.2) is 48.0 Å². The molecule has 2 fully saturated rings. The van der Waals surface area contributed by atoms with E-state index in [0.717, 1.165) is 18.8 Å². The average molecular weight is 264 g/mol. The molecule has 2 heterocycles. The molecule has 1 aromatic heterocycles. The summed E-state index contributed by atoms with van der Waals surface area (Å²) in [5, 5.41) is 4.35. The molecule has 1 saturated carbocycles. The van der Waals surface area contributed by atoms with Crippen molar-refractivity contribution in [3.63, 3.8) is 0 Å². The number of aromatic nitrogens is 2. The molecule has 2 aliphatic rings. The molecule has 1 aromatic rings. The van der Waals surface area contributed by atoms with Gasteiger partial charge in [0.1, 0.15) is 0 Å². The molecule has 1 saturated heterocycles. The van der Waals surface area contributed by atoms with Gasteiger partial charge < -0.3 is 10.5 Å². The summed E-state index contributed by atoms with van der Waals surface area (Å²) in [7, 11) is 1.77. The lowest BCUT2D eigenvalue weighted by Crippen LogP contribution is -2.58. The Kier molecular flexibility index (Phi) is 3.50. The second-order valence-electron chi connectivity index (χ2n) is 6.19. The molecule has 1 aliphatic carbocycles. The van der Waals surface area contributed by atoms with Gasteiger partial charge in [-0.1, -0.05) is 0 Å². The zero-order chi connectivity index (χ0) is 13.3. The lowest BCUT2D eigenvalue weighted by Gasteiger charge is -2.53. The van der Waals surface area contributed by atoms with Crippen molar-refractivity contribution in [3.8, 4) is 0 Å². The Morgan fingerprint density at radius 2 is 2.16 bits per heavy atom. The number of nitrogen functional groups attached to an aromatic ring is 1. The second kappa shape index (κ2) is 5.13. The van der Waals surface area contributed by atoms with Crippen LogP contribution in [0, 0.1) is 5.41 Å². The summed E-state index contributed by atoms with van der Waals surface area (Å²) in [6.07, 6.45) is 8.83. The maximum absolute atomic E-state index is 5.74. The normalized spacial score (nSPS) is 23.6. The Morgan fingerprint density at radius 3 is 2.74 bits per heavy atom. The first-order valence-electron chi connectivity index (χ1n) is 7.22. The van der Waals surface area contributed by atoms with Crippen LogP contribution in [0.3, 0.4) is 0 Å². The largest absolute Gasteiger partial charge is 0.396 e. The van der Waals surface area contributed by atoms with Crippen molar-refractivity contribution in [3.05, 3.63) is 12.4 Å². The van der Waals surface area contributed by atoms with Crippen molar-refractivity contribution in [1.82, 2.24) is 14.7 Å². The van der Waals surface area contributed by atoms with Gasteiger partial charge in [-0.2, -0.15) is 5.10 Å². The Bertz CT molecular complexity index is 415. The third kappa shape index (κ3) is 2.62. The fourth-order valence-corrected chi connectivity index (χ4v) is 3.63. The van der Waals surface area contributed by atoms with E-state index in [4.69, 9.17) is 10.5 Å². The Hall–Kier alpha value is -1.07. The van der Waals surface area contributed by atoms with E-state index in [0.29, 0.717) is 11.5 Å². The zero-order valence-electron chi connectivity index (χ0n) is 11.7. The van der Waals surface area contributed by atoms with E-state index in [1.54, 1.807) is 13.3 Å². The highest BCUT2D eigenvalue weighted by molar-refractivity contribution is 5.30. The summed E-state index contributed by atoms with van der Waals surface area (Å²) in [6.45, 7) is 4.44. The van der Waals surface area contributed by atoms with Gasteiger partial charge in [-0.15, -0.1) is 0 Å². The minimum Gasteiger partial charge on any atom is -0.396 e. The predicted octanol–water partition coefficient (Wildman–Crippen LogP) is 1.53. The van der Waals surface area contributed by atoms with Gasteiger partial charge in [0.2, 0.25) is 0 Å². The maximum Gasteiger partial charge on any atom is 0.0719 e. The topological polar surface area (TPSA) is 56.3 Å². The van der Waals surface area contributed by atoms with E-state index in [9.17, 15) is 0 Å². The summed E-state index contributed by atoms with van der Waals surface area (Å²) in [6, 6.07) is 0.552. The maximum atomic E-state index is 5.74. The molecule has 0 bridgehead atoms. The van der Waals surface area contributed by atoms with Crippen LogP contribution in [-0.2, 0) is 4.74 Å². The molecule has 1 aliphatic heterocycles. The van der Waals surface area contributed by atoms with Crippen molar-refractivity contribution in [2.45, 2.75) is 31.7 Å². The number of ether oxygens (including phenoxy) is 1. The van der Waals surface area contributed by atoms with E-state index in [1.165, 1.54) is 38.8 Å². The molecule has 19 heavy (non-hydrogen) atoms. The highest BCUT2D eigenvalue weighted by atomic mass is 16.5. The monoisotopic (exact) mass is 264 g/mol. The summed E-state index contributed by atoms with van der Waals surface area (Å²) in [5.41, 5.74) is 7.10. The minimum atomic E-state index is 0.552. The molecular formula is C14H24N4O. The summed E-state index contributed by atoms with van der Waals surface area (Å²) in [5.74, 6) is 0. The van der Waals surface area contributed by atoms with Gasteiger partial charge in [0, 0.05) is 32.9 Å². The van der Waals surface area contributed by atoms with Gasteiger partial charge in [0.05, 0.1) is 24.5 Å². The molecule has 5 nitrogen and oxygen atoms in total. The van der Waals surface area contributed by atoms with Gasteiger partial charge in [-0.25, -0.2) is 0 Å². The zero-order valence-corrected chi connectivity index (χ0v) is 11.7. The molecule has 0 amide bonds. The quantitative estimate of drug-likeness (QED) is 0.896. The Balaban J connectivity index is 1.48. The number of nitrogens with zero attached hydrogens (tertiary/aromatic N) is 3. The smallest absolute Gasteiger partial charge is 0.0719 e. The van der Waals surface area contributed by atoms with Gasteiger partial charge in [-0.05, 0) is 31.1 Å². The van der Waals surface area contributed by atoms with Crippen LogP contribution in [0.25, 0.3) is 0 Å². The van der Waals surface area contributed by atoms with E-state index in [-0.39, 0.29) is 0 Å². The number of rotatable bonds is 4. The van der Waals surface area contributed by atoms with E-state index in [1.807, 2.05) is 6.20 Å². The van der Waals surface area contributed by atoms with Crippen LogP contribution < -0.4 is 5.73 Å². The lowest BCUT2D eigenvalue weighted by atomic mass is 9.67. The first-order valence-corrected chi connectivity index (χ1v) is 7.22. The third-order valence-corrected chi connectivity index (χ3v) is 4.74. The third-order valence-electron chi connectivity index (χ3n) is 4.74. The van der Waals surface area contributed by atoms with Gasteiger partial charge in [0.25, 0.3) is 0 Å². The number of hydrogen-bond donors (Lipinski definition) is 1. The van der Waals surface area contributed by atoms with Gasteiger partial charge >= 0.3 is 0 Å². The Labute approximate surface area is 114 Å². The van der Waals surface area contributed by atoms with Gasteiger partial charge in [-0.3, -0.25) is 9.58 Å². The summed E-state index contributed by atoms with van der Waals surface area (Å²) in [4.78, 5) is 2.51. The first-order chi connectivity index (χ1) is 9.21. The SMILES string of the molecule is COCCN1CC2(CCC(n3cc(N)cn3)CC2)C1. The molecule has 0 aromatic carbocycles. The molecule has 1 spiro atoms. The number of nitrogens with two attached hydrogens (primary N) is 1. The molecule has 0 radical (unpaired) electrons. The molecule has 0 atom stereocenters. The number of anilines is 1. The second-order valence-corrected chi connectivity index (χ2v) is 6.19. The summed E-state index contributed by atoms with van der Waals surface area (Å²) >= 11 is 0. The van der Waals surface area contributed by atoms with E-state index in [2.05, 4.69) is 14.7 Å². The fourth-order valence-electron chi connectivity index (χ4n) is 3.63. The number of hydrogen-bond acceptors (Lipinski definition) is 4. The van der Waals surface area contributed by atoms with Crippen molar-refractivity contribution in [2.24, 2.45) is 5.41 Å². The summed E-state index contributed by atoms with van der Waals surface area (Å²) < 4.78 is 7.20. The minimum absolute atomic E-state index is 0.552. The molecule has 0 unspecified atom stereocenters. The first kappa shape index (κ1) is 12.9. The molecule has 5 heteroatoms. The van der Waals surface area contributed by atoms with Crippen LogP contribution in [0.2, 0.25) is 0 Å². The number of methoxy groups -OCH3 is 1. The lowest BCUT2D eigenvalue weighted by molar-refractivity contribution is -0.0464. The van der Waals surface area contributed by atoms with Gasteiger partial charge in [0.15, 0.2) is 0 Å². The van der Waals surface area contributed by atoms with Crippen molar-refractivity contribution in [1.29, 1.82) is 0 Å². The molecule has 2 N–H and O–H groups in total. The van der Waals surface area contributed by atoms with E-state index < -0.39 is 0 Å². The van der Waals surface area contributed by atoms with Crippen LogP contribution in [0.5, 0.6) is 0 Å². The van der Waals surface area contributed by atoms with Crippen molar-refractivity contribution in [2.75, 3.05) is 39.1 Å². The molecule has 106 valence electrons. The van der Waals surface area contributed by atoms with Crippen molar-refractivity contribution < 1.29 is 4.74 Å². The molecular weight excluding hydrogens is 240 g/mol. The van der Waals surface area contributed by atoms with Crippen LogP contribution in [0.4, 0.5) is 5.69 Å². The van der Waals surface area contributed by atoms with Crippen LogP contribution in [0.15, 0.2) is 12.4 Å². The highest BCUT2D eigenvalue weighted by Gasteiger charge is 2.44. The standard InChI is InChI=1S/C14H24N4O/c1-19-7-6-17-10-14(11-17)4-2-13(3-5-14)18-9-12(15)8-16-18/h8-9,13H,2-7,10-11,15H2,1H3. The molecule has 3 rings (SSSR count). The Morgan fingerprint density at radius 1 is 1.42 bits per heavy atom. The van der Waals surface area contributed by atoms with Crippen LogP contribution in [0.1, 0.15) is 31.7 Å². The average Bonchev–Trinajstić information content (AvgIpc) is 2.81. The highest BCUT2D eigenvalue weighted by Crippen LogP contribution is 2.46. The van der Waals surface area contributed by atoms with Crippen LogP contribution >= 0.6 is 0 Å². The van der Waals surface area contributed by atoms with Crippen molar-refractivity contribution >= 4 is 5.69 Å². The predicted molar refractivity (Wildman–Crippen MR) is 74.9 cm³/mol. The fraction of sp³-hybridized carbons (Fsp3) is 0.786. The number of likely N-dealkylation sites (tertiary alicyclic amines) is 1.